The van der Waals surface area contributed by atoms with Gasteiger partial charge in [0.25, 0.3) is 10.1 Å². The quantitative estimate of drug-likeness (QED) is 0.0336. The van der Waals surface area contributed by atoms with Gasteiger partial charge in [0.15, 0.2) is 0 Å². The summed E-state index contributed by atoms with van der Waals surface area (Å²) in [6.45, 7) is 4.51. The molecule has 6 nitrogen and oxygen atoms in total. The Labute approximate surface area is 304 Å². The normalized spacial score (nSPS) is 13.5. The second kappa shape index (κ2) is 36.6. The number of rotatable bonds is 38. The van der Waals surface area contributed by atoms with Gasteiger partial charge in [0.2, 0.25) is 5.91 Å². The van der Waals surface area contributed by atoms with Gasteiger partial charge in [-0.1, -0.05) is 205 Å². The fourth-order valence-electron chi connectivity index (χ4n) is 6.47. The molecule has 7 heteroatoms. The van der Waals surface area contributed by atoms with Gasteiger partial charge >= 0.3 is 0 Å². The molecule has 0 bridgehead atoms. The average molecular weight is 712 g/mol. The van der Waals surface area contributed by atoms with Crippen LogP contribution in [0.25, 0.3) is 0 Å². The van der Waals surface area contributed by atoms with Crippen LogP contribution in [0.5, 0.6) is 0 Å². The predicted octanol–water partition coefficient (Wildman–Crippen LogP) is 12.4. The summed E-state index contributed by atoms with van der Waals surface area (Å²) in [6.07, 6.45) is 46.1. The van der Waals surface area contributed by atoms with Crippen molar-refractivity contribution in [2.45, 2.75) is 231 Å². The van der Waals surface area contributed by atoms with Crippen LogP contribution in [0.4, 0.5) is 0 Å². The monoisotopic (exact) mass is 712 g/mol. The van der Waals surface area contributed by atoms with Crippen LogP contribution >= 0.6 is 0 Å². The summed E-state index contributed by atoms with van der Waals surface area (Å²) in [5, 5.41) is 13.2. The Morgan fingerprint density at radius 2 is 0.878 bits per heavy atom. The van der Waals surface area contributed by atoms with E-state index in [1.54, 1.807) is 0 Å². The van der Waals surface area contributed by atoms with E-state index >= 15 is 0 Å². The van der Waals surface area contributed by atoms with Crippen LogP contribution in [-0.2, 0) is 14.9 Å². The van der Waals surface area contributed by atoms with Crippen LogP contribution in [0.1, 0.15) is 219 Å². The zero-order chi connectivity index (χ0) is 36.1. The first-order chi connectivity index (χ1) is 23.8. The molecule has 0 spiro atoms. The van der Waals surface area contributed by atoms with E-state index in [4.69, 9.17) is 0 Å². The van der Waals surface area contributed by atoms with E-state index < -0.39 is 28.0 Å². The number of unbranched alkanes of at least 4 members (excludes halogenated alkanes) is 28. The highest BCUT2D eigenvalue weighted by atomic mass is 32.2. The summed E-state index contributed by atoms with van der Waals surface area (Å²) in [7, 11) is -4.35. The molecule has 0 saturated carbocycles. The molecule has 0 aliphatic carbocycles. The Morgan fingerprint density at radius 3 is 1.29 bits per heavy atom. The first-order valence-corrected chi connectivity index (χ1v) is 22.6. The number of amides is 1. The van der Waals surface area contributed by atoms with Gasteiger partial charge in [0.1, 0.15) is 0 Å². The van der Waals surface area contributed by atoms with Crippen molar-refractivity contribution in [2.75, 3.05) is 5.75 Å². The first kappa shape index (κ1) is 47.8. The van der Waals surface area contributed by atoms with E-state index in [9.17, 15) is 22.9 Å². The Bertz CT molecular complexity index is 872. The summed E-state index contributed by atoms with van der Waals surface area (Å²) < 4.78 is 32.4. The summed E-state index contributed by atoms with van der Waals surface area (Å²) in [4.78, 5) is 12.5. The van der Waals surface area contributed by atoms with Gasteiger partial charge in [-0.05, 0) is 32.1 Å². The van der Waals surface area contributed by atoms with Crippen molar-refractivity contribution in [3.8, 4) is 0 Å². The summed E-state index contributed by atoms with van der Waals surface area (Å²) in [5.41, 5.74) is 0. The van der Waals surface area contributed by atoms with Gasteiger partial charge in [-0.3, -0.25) is 9.35 Å². The minimum atomic E-state index is -4.35. The highest BCUT2D eigenvalue weighted by molar-refractivity contribution is 7.85. The van der Waals surface area contributed by atoms with Crippen molar-refractivity contribution in [1.29, 1.82) is 0 Å². The second-order valence-electron chi connectivity index (χ2n) is 14.6. The third-order valence-corrected chi connectivity index (χ3v) is 10.4. The lowest BCUT2D eigenvalue weighted by Gasteiger charge is -2.21. The molecule has 0 fully saturated rings. The number of carbonyl (C=O) groups is 1. The van der Waals surface area contributed by atoms with E-state index in [1.165, 1.54) is 167 Å². The highest BCUT2D eigenvalue weighted by Gasteiger charge is 2.24. The molecule has 0 saturated heterocycles. The maximum Gasteiger partial charge on any atom is 0.267 e. The molecule has 0 aromatic heterocycles. The zero-order valence-electron chi connectivity index (χ0n) is 32.3. The molecule has 0 aliphatic rings. The van der Waals surface area contributed by atoms with E-state index in [2.05, 4.69) is 31.3 Å². The SMILES string of the molecule is CCCCCCCC/C=C/CC/C=C/C(O)C(CS(=O)(=O)O)NC(=O)CCCCCCCCCCCCCCCCCCCCCCCC. The lowest BCUT2D eigenvalue weighted by molar-refractivity contribution is -0.122. The number of aliphatic hydroxyl groups excluding tert-OH is 1. The van der Waals surface area contributed by atoms with Gasteiger partial charge < -0.3 is 10.4 Å². The van der Waals surface area contributed by atoms with Crippen LogP contribution < -0.4 is 5.32 Å². The van der Waals surface area contributed by atoms with E-state index in [1.807, 2.05) is 6.08 Å². The molecule has 0 aromatic rings. The maximum absolute atomic E-state index is 12.5. The third kappa shape index (κ3) is 37.9. The molecular weight excluding hydrogens is 631 g/mol. The van der Waals surface area contributed by atoms with Crippen molar-refractivity contribution in [1.82, 2.24) is 5.32 Å². The van der Waals surface area contributed by atoms with Crippen molar-refractivity contribution in [3.05, 3.63) is 24.3 Å². The summed E-state index contributed by atoms with van der Waals surface area (Å²) in [6, 6.07) is -1.07. The standard InChI is InChI=1S/C42H81NO5S/c1-3-5-7-9-11-13-15-17-18-19-20-21-22-23-24-25-26-28-30-32-34-36-38-42(45)43-40(39-49(46,47)48)41(44)37-35-33-31-29-27-16-14-12-10-8-6-4-2/h27,29,35,37,40-41,44H,3-26,28,30-34,36,38-39H2,1-2H3,(H,43,45)(H,46,47,48)/b29-27+,37-35+. The number of aliphatic hydroxyl groups is 1. The maximum atomic E-state index is 12.5. The highest BCUT2D eigenvalue weighted by Crippen LogP contribution is 2.16. The lowest BCUT2D eigenvalue weighted by Crippen LogP contribution is -2.46. The molecule has 3 N–H and O–H groups in total. The molecule has 0 aliphatic heterocycles. The Kier molecular flexibility index (Phi) is 35.7. The topological polar surface area (TPSA) is 104 Å². The molecule has 0 radical (unpaired) electrons. The van der Waals surface area contributed by atoms with Crippen LogP contribution in [0.3, 0.4) is 0 Å². The smallest absolute Gasteiger partial charge is 0.267 e. The largest absolute Gasteiger partial charge is 0.387 e. The van der Waals surface area contributed by atoms with Crippen molar-refractivity contribution >= 4 is 16.0 Å². The number of nitrogens with one attached hydrogen (secondary N) is 1. The summed E-state index contributed by atoms with van der Waals surface area (Å²) in [5.74, 6) is -0.992. The number of hydrogen-bond donors (Lipinski definition) is 3. The molecule has 0 aromatic carbocycles. The Hall–Kier alpha value is -1.18. The van der Waals surface area contributed by atoms with Crippen LogP contribution in [0.2, 0.25) is 0 Å². The molecule has 2 atom stereocenters. The molecule has 290 valence electrons. The first-order valence-electron chi connectivity index (χ1n) is 21.0. The van der Waals surface area contributed by atoms with Gasteiger partial charge in [-0.25, -0.2) is 0 Å². The fraction of sp³-hybridized carbons (Fsp3) is 0.881. The number of hydrogen-bond acceptors (Lipinski definition) is 4. The molecular formula is C42H81NO5S. The van der Waals surface area contributed by atoms with Gasteiger partial charge in [0.05, 0.1) is 17.9 Å². The minimum absolute atomic E-state index is 0.285. The van der Waals surface area contributed by atoms with Crippen molar-refractivity contribution in [3.63, 3.8) is 0 Å². The van der Waals surface area contributed by atoms with Gasteiger partial charge in [0, 0.05) is 6.42 Å². The lowest BCUT2D eigenvalue weighted by atomic mass is 10.0. The average Bonchev–Trinajstić information content (AvgIpc) is 3.06. The van der Waals surface area contributed by atoms with E-state index in [0.717, 1.165) is 38.5 Å². The molecule has 0 rings (SSSR count). The molecule has 0 heterocycles. The predicted molar refractivity (Wildman–Crippen MR) is 212 cm³/mol. The Morgan fingerprint density at radius 1 is 0.531 bits per heavy atom. The van der Waals surface area contributed by atoms with Crippen molar-refractivity contribution in [2.24, 2.45) is 0 Å². The molecule has 1 amide bonds. The zero-order valence-corrected chi connectivity index (χ0v) is 33.1. The van der Waals surface area contributed by atoms with E-state index in [0.29, 0.717) is 6.42 Å². The number of carbonyl (C=O) groups excluding carboxylic acids is 1. The summed E-state index contributed by atoms with van der Waals surface area (Å²) >= 11 is 0. The molecule has 2 unspecified atom stereocenters. The van der Waals surface area contributed by atoms with Gasteiger partial charge in [-0.2, -0.15) is 8.42 Å². The van der Waals surface area contributed by atoms with Crippen molar-refractivity contribution < 1.29 is 22.9 Å². The molecule has 49 heavy (non-hydrogen) atoms. The van der Waals surface area contributed by atoms with Crippen LogP contribution in [0.15, 0.2) is 24.3 Å². The minimum Gasteiger partial charge on any atom is -0.387 e. The van der Waals surface area contributed by atoms with E-state index in [-0.39, 0.29) is 5.91 Å². The third-order valence-electron chi connectivity index (χ3n) is 9.63. The van der Waals surface area contributed by atoms with Crippen LogP contribution in [-0.4, -0.2) is 41.9 Å². The Balaban J connectivity index is 3.82. The second-order valence-corrected chi connectivity index (χ2v) is 16.1. The fourth-order valence-corrected chi connectivity index (χ4v) is 7.20. The van der Waals surface area contributed by atoms with Gasteiger partial charge in [-0.15, -0.1) is 0 Å². The van der Waals surface area contributed by atoms with Crippen LogP contribution in [0, 0.1) is 0 Å². The number of allylic oxidation sites excluding steroid dienone is 3.